The Morgan fingerprint density at radius 3 is 2.62 bits per heavy atom. The Labute approximate surface area is 128 Å². The number of rotatable bonds is 5. The SMILES string of the molecule is CNCc1cc(S(=O)(=O)Nc2cc(F)c(Br)cc2F)c[nH]1. The normalized spacial score (nSPS) is 11.6. The summed E-state index contributed by atoms with van der Waals surface area (Å²) in [6.07, 6.45) is 1.28. The topological polar surface area (TPSA) is 74.0 Å². The number of halogens is 3. The highest BCUT2D eigenvalue weighted by Gasteiger charge is 2.19. The molecule has 0 fully saturated rings. The van der Waals surface area contributed by atoms with Gasteiger partial charge in [0.1, 0.15) is 16.5 Å². The largest absolute Gasteiger partial charge is 0.363 e. The number of hydrogen-bond donors (Lipinski definition) is 3. The van der Waals surface area contributed by atoms with Crippen molar-refractivity contribution in [3.63, 3.8) is 0 Å². The molecule has 9 heteroatoms. The Balaban J connectivity index is 2.30. The van der Waals surface area contributed by atoms with E-state index >= 15 is 0 Å². The zero-order valence-corrected chi connectivity index (χ0v) is 13.3. The predicted octanol–water partition coefficient (Wildman–Crippen LogP) is 2.58. The Morgan fingerprint density at radius 1 is 1.24 bits per heavy atom. The van der Waals surface area contributed by atoms with Gasteiger partial charge in [-0.1, -0.05) is 0 Å². The first-order valence-corrected chi connectivity index (χ1v) is 8.10. The van der Waals surface area contributed by atoms with Crippen LogP contribution in [0.1, 0.15) is 5.69 Å². The molecule has 0 aliphatic carbocycles. The number of anilines is 1. The first-order chi connectivity index (χ1) is 9.83. The van der Waals surface area contributed by atoms with E-state index in [0.29, 0.717) is 12.2 Å². The minimum atomic E-state index is -3.99. The molecular formula is C12H12BrF2N3O2S. The van der Waals surface area contributed by atoms with Crippen molar-refractivity contribution in [3.05, 3.63) is 46.2 Å². The van der Waals surface area contributed by atoms with Gasteiger partial charge in [-0.3, -0.25) is 4.72 Å². The lowest BCUT2D eigenvalue weighted by atomic mass is 10.3. The molecule has 0 amide bonds. The highest BCUT2D eigenvalue weighted by atomic mass is 79.9. The molecule has 0 radical (unpaired) electrons. The lowest BCUT2D eigenvalue weighted by molar-refractivity contribution is 0.592. The predicted molar refractivity (Wildman–Crippen MR) is 78.4 cm³/mol. The molecule has 0 atom stereocenters. The van der Waals surface area contributed by atoms with Crippen molar-refractivity contribution in [1.29, 1.82) is 0 Å². The second-order valence-electron chi connectivity index (χ2n) is 4.24. The van der Waals surface area contributed by atoms with Gasteiger partial charge in [-0.25, -0.2) is 17.2 Å². The molecule has 1 aromatic heterocycles. The Hall–Kier alpha value is -1.45. The van der Waals surface area contributed by atoms with Crippen LogP contribution in [0.2, 0.25) is 0 Å². The van der Waals surface area contributed by atoms with Crippen LogP contribution in [0.4, 0.5) is 14.5 Å². The lowest BCUT2D eigenvalue weighted by Crippen LogP contribution is -2.13. The van der Waals surface area contributed by atoms with E-state index < -0.39 is 27.3 Å². The van der Waals surface area contributed by atoms with E-state index in [1.807, 2.05) is 4.72 Å². The molecule has 1 heterocycles. The summed E-state index contributed by atoms with van der Waals surface area (Å²) in [5, 5.41) is 2.86. The highest BCUT2D eigenvalue weighted by Crippen LogP contribution is 2.25. The van der Waals surface area contributed by atoms with Gasteiger partial charge in [-0.15, -0.1) is 0 Å². The number of hydrogen-bond acceptors (Lipinski definition) is 3. The van der Waals surface area contributed by atoms with Crippen LogP contribution in [0, 0.1) is 11.6 Å². The molecular weight excluding hydrogens is 368 g/mol. The summed E-state index contributed by atoms with van der Waals surface area (Å²) in [4.78, 5) is 2.72. The molecule has 0 unspecified atom stereocenters. The van der Waals surface area contributed by atoms with E-state index in [2.05, 4.69) is 26.2 Å². The van der Waals surface area contributed by atoms with Crippen molar-refractivity contribution >= 4 is 31.6 Å². The van der Waals surface area contributed by atoms with Crippen LogP contribution in [0.5, 0.6) is 0 Å². The molecule has 114 valence electrons. The molecule has 5 nitrogen and oxygen atoms in total. The number of aromatic amines is 1. The van der Waals surface area contributed by atoms with E-state index in [9.17, 15) is 17.2 Å². The molecule has 2 aromatic rings. The fourth-order valence-electron chi connectivity index (χ4n) is 1.67. The molecule has 0 aliphatic rings. The fourth-order valence-corrected chi connectivity index (χ4v) is 3.06. The van der Waals surface area contributed by atoms with Crippen molar-refractivity contribution in [2.75, 3.05) is 11.8 Å². The van der Waals surface area contributed by atoms with E-state index in [1.54, 1.807) is 7.05 Å². The zero-order valence-electron chi connectivity index (χ0n) is 10.9. The molecule has 0 saturated heterocycles. The molecule has 0 bridgehead atoms. The van der Waals surface area contributed by atoms with Crippen molar-refractivity contribution in [3.8, 4) is 0 Å². The minimum Gasteiger partial charge on any atom is -0.363 e. The lowest BCUT2D eigenvalue weighted by Gasteiger charge is -2.08. The standard InChI is InChI=1S/C12H12BrF2N3O2S/c1-16-5-7-2-8(6-17-7)21(19,20)18-12-4-10(14)9(13)3-11(12)15/h2-4,6,16-18H,5H2,1H3. The summed E-state index contributed by atoms with van der Waals surface area (Å²) in [7, 11) is -2.28. The van der Waals surface area contributed by atoms with Gasteiger partial charge in [0.05, 0.1) is 10.2 Å². The minimum absolute atomic E-state index is 0.0597. The van der Waals surface area contributed by atoms with Crippen LogP contribution in [-0.4, -0.2) is 20.4 Å². The van der Waals surface area contributed by atoms with Crippen molar-refractivity contribution in [1.82, 2.24) is 10.3 Å². The van der Waals surface area contributed by atoms with Crippen molar-refractivity contribution < 1.29 is 17.2 Å². The first-order valence-electron chi connectivity index (χ1n) is 5.83. The van der Waals surface area contributed by atoms with Crippen LogP contribution in [0.3, 0.4) is 0 Å². The third kappa shape index (κ3) is 3.60. The maximum atomic E-state index is 13.7. The number of sulfonamides is 1. The second-order valence-corrected chi connectivity index (χ2v) is 6.78. The summed E-state index contributed by atoms with van der Waals surface area (Å²) in [5.74, 6) is -1.64. The molecule has 3 N–H and O–H groups in total. The van der Waals surface area contributed by atoms with E-state index in [4.69, 9.17) is 0 Å². The number of benzene rings is 1. The average molecular weight is 380 g/mol. The molecule has 1 aromatic carbocycles. The van der Waals surface area contributed by atoms with Gasteiger partial charge in [0.2, 0.25) is 0 Å². The van der Waals surface area contributed by atoms with E-state index in [-0.39, 0.29) is 9.37 Å². The number of H-pyrrole nitrogens is 1. The number of nitrogens with one attached hydrogen (secondary N) is 3. The highest BCUT2D eigenvalue weighted by molar-refractivity contribution is 9.10. The Morgan fingerprint density at radius 2 is 1.95 bits per heavy atom. The number of aromatic nitrogens is 1. The van der Waals surface area contributed by atoms with E-state index in [1.165, 1.54) is 12.3 Å². The van der Waals surface area contributed by atoms with Gasteiger partial charge in [-0.2, -0.15) is 0 Å². The van der Waals surface area contributed by atoms with Crippen LogP contribution in [0.15, 0.2) is 33.8 Å². The third-order valence-corrected chi connectivity index (χ3v) is 4.60. The quantitative estimate of drug-likeness (QED) is 0.699. The van der Waals surface area contributed by atoms with Gasteiger partial charge >= 0.3 is 0 Å². The first kappa shape index (κ1) is 15.9. The van der Waals surface area contributed by atoms with Gasteiger partial charge in [0.25, 0.3) is 10.0 Å². The second kappa shape index (κ2) is 6.12. The van der Waals surface area contributed by atoms with Gasteiger partial charge in [0.15, 0.2) is 0 Å². The van der Waals surface area contributed by atoms with Crippen molar-refractivity contribution in [2.24, 2.45) is 0 Å². The molecule has 0 aliphatic heterocycles. The summed E-state index contributed by atoms with van der Waals surface area (Å²) < 4.78 is 53.2. The summed E-state index contributed by atoms with van der Waals surface area (Å²) in [6, 6.07) is 3.04. The van der Waals surface area contributed by atoms with E-state index in [0.717, 1.165) is 12.1 Å². The van der Waals surface area contributed by atoms with Crippen LogP contribution in [-0.2, 0) is 16.6 Å². The van der Waals surface area contributed by atoms with Gasteiger partial charge in [0, 0.05) is 24.5 Å². The Bertz CT molecular complexity index is 762. The summed E-state index contributed by atoms with van der Waals surface area (Å²) in [5.41, 5.74) is 0.201. The molecule has 0 spiro atoms. The molecule has 0 saturated carbocycles. The monoisotopic (exact) mass is 379 g/mol. The maximum Gasteiger partial charge on any atom is 0.263 e. The molecule has 2 rings (SSSR count). The van der Waals surface area contributed by atoms with Crippen LogP contribution in [0.25, 0.3) is 0 Å². The Kier molecular flexibility index (Phi) is 4.64. The fraction of sp³-hybridized carbons (Fsp3) is 0.167. The van der Waals surface area contributed by atoms with Gasteiger partial charge < -0.3 is 10.3 Å². The van der Waals surface area contributed by atoms with Crippen molar-refractivity contribution in [2.45, 2.75) is 11.4 Å². The van der Waals surface area contributed by atoms with Crippen LogP contribution < -0.4 is 10.0 Å². The third-order valence-electron chi connectivity index (χ3n) is 2.65. The zero-order chi connectivity index (χ0) is 15.6. The van der Waals surface area contributed by atoms with Gasteiger partial charge in [-0.05, 0) is 35.1 Å². The summed E-state index contributed by atoms with van der Waals surface area (Å²) in [6.45, 7) is 0.455. The summed E-state index contributed by atoms with van der Waals surface area (Å²) >= 11 is 2.82. The molecule has 21 heavy (non-hydrogen) atoms. The average Bonchev–Trinajstić information content (AvgIpc) is 2.86. The maximum absolute atomic E-state index is 13.7. The smallest absolute Gasteiger partial charge is 0.263 e. The van der Waals surface area contributed by atoms with Crippen LogP contribution >= 0.6 is 15.9 Å².